The van der Waals surface area contributed by atoms with E-state index in [1.807, 2.05) is 53.8 Å². The average Bonchev–Trinajstić information content (AvgIpc) is 3.30. The number of hydrogen-bond donors (Lipinski definition) is 1. The van der Waals surface area contributed by atoms with Gasteiger partial charge < -0.3 is 4.98 Å². The molecule has 0 aliphatic rings. The van der Waals surface area contributed by atoms with Crippen molar-refractivity contribution in [3.8, 4) is 0 Å². The van der Waals surface area contributed by atoms with Crippen molar-refractivity contribution in [2.75, 3.05) is 5.75 Å². The highest BCUT2D eigenvalue weighted by molar-refractivity contribution is 7.99. The van der Waals surface area contributed by atoms with Gasteiger partial charge in [-0.2, -0.15) is 0 Å². The molecule has 0 fully saturated rings. The monoisotopic (exact) mass is 403 g/mol. The second kappa shape index (κ2) is 6.59. The minimum Gasteiger partial charge on any atom is -0.358 e. The molecule has 5 rings (SSSR count). The maximum absolute atomic E-state index is 13.0. The summed E-state index contributed by atoms with van der Waals surface area (Å²) in [6, 6.07) is 15.1. The van der Waals surface area contributed by atoms with Crippen molar-refractivity contribution in [1.29, 1.82) is 0 Å². The Balaban J connectivity index is 1.55. The predicted molar refractivity (Wildman–Crippen MR) is 114 cm³/mol. The molecular formula is C21H17N5O2S. The summed E-state index contributed by atoms with van der Waals surface area (Å²) < 4.78 is 3.31. The summed E-state index contributed by atoms with van der Waals surface area (Å²) in [6.07, 6.45) is 0. The Morgan fingerprint density at radius 1 is 1.07 bits per heavy atom. The van der Waals surface area contributed by atoms with Gasteiger partial charge in [0.1, 0.15) is 0 Å². The lowest BCUT2D eigenvalue weighted by Crippen LogP contribution is -2.20. The number of aromatic nitrogens is 5. The van der Waals surface area contributed by atoms with Gasteiger partial charge in [-0.3, -0.25) is 18.6 Å². The zero-order valence-corrected chi connectivity index (χ0v) is 16.7. The number of fused-ring (bicyclic) bond motifs is 4. The molecule has 0 atom stereocenters. The lowest BCUT2D eigenvalue weighted by atomic mass is 10.1. The van der Waals surface area contributed by atoms with Crippen molar-refractivity contribution in [3.05, 3.63) is 70.1 Å². The summed E-state index contributed by atoms with van der Waals surface area (Å²) in [5.41, 5.74) is 3.12. The van der Waals surface area contributed by atoms with E-state index in [2.05, 4.69) is 15.2 Å². The van der Waals surface area contributed by atoms with Crippen LogP contribution in [0.1, 0.15) is 16.1 Å². The third kappa shape index (κ3) is 2.67. The molecule has 8 heteroatoms. The molecule has 0 saturated heterocycles. The predicted octanol–water partition coefficient (Wildman–Crippen LogP) is 3.35. The smallest absolute Gasteiger partial charge is 0.262 e. The maximum atomic E-state index is 13.0. The molecule has 0 bridgehead atoms. The normalized spacial score (nSPS) is 11.7. The SMILES string of the molecule is Cc1[nH]c2ccccc2c1C(=O)CSc1nnc2n(C)c(=O)c3ccccc3n12. The topological polar surface area (TPSA) is 85.0 Å². The molecule has 1 N–H and O–H groups in total. The molecule has 0 saturated carbocycles. The van der Waals surface area contributed by atoms with Crippen LogP contribution in [0.2, 0.25) is 0 Å². The van der Waals surface area contributed by atoms with E-state index >= 15 is 0 Å². The van der Waals surface area contributed by atoms with Gasteiger partial charge in [-0.15, -0.1) is 10.2 Å². The first-order valence-electron chi connectivity index (χ1n) is 9.12. The standard InChI is InChI=1S/C21H17N5O2S/c1-12-18(13-7-3-5-9-15(13)22-12)17(27)11-29-21-24-23-20-25(2)19(28)14-8-4-6-10-16(14)26(20)21/h3-10,22H,11H2,1-2H3. The molecule has 144 valence electrons. The second-order valence-corrected chi connectivity index (χ2v) is 7.82. The number of carbonyl (C=O) groups excluding carboxylic acids is 1. The number of benzene rings is 2. The lowest BCUT2D eigenvalue weighted by Gasteiger charge is -2.07. The fraction of sp³-hybridized carbons (Fsp3) is 0.143. The van der Waals surface area contributed by atoms with Gasteiger partial charge in [-0.1, -0.05) is 42.1 Å². The zero-order chi connectivity index (χ0) is 20.1. The van der Waals surface area contributed by atoms with Crippen molar-refractivity contribution < 1.29 is 4.79 Å². The van der Waals surface area contributed by atoms with E-state index in [1.165, 1.54) is 16.3 Å². The number of carbonyl (C=O) groups is 1. The lowest BCUT2D eigenvalue weighted by molar-refractivity contribution is 0.102. The molecule has 0 unspecified atom stereocenters. The third-order valence-corrected chi connectivity index (χ3v) is 6.03. The minimum atomic E-state index is -0.123. The Labute approximate surface area is 169 Å². The van der Waals surface area contributed by atoms with Crippen molar-refractivity contribution in [1.82, 2.24) is 24.1 Å². The molecule has 3 heterocycles. The third-order valence-electron chi connectivity index (χ3n) is 5.10. The number of aryl methyl sites for hydroxylation is 2. The van der Waals surface area contributed by atoms with Crippen LogP contribution in [0.15, 0.2) is 58.5 Å². The number of thioether (sulfide) groups is 1. The van der Waals surface area contributed by atoms with Crippen molar-refractivity contribution in [2.45, 2.75) is 12.1 Å². The molecular weight excluding hydrogens is 386 g/mol. The quantitative estimate of drug-likeness (QED) is 0.367. The van der Waals surface area contributed by atoms with Gasteiger partial charge in [0, 0.05) is 29.2 Å². The van der Waals surface area contributed by atoms with Crippen LogP contribution in [0, 0.1) is 6.92 Å². The van der Waals surface area contributed by atoms with Crippen molar-refractivity contribution in [3.63, 3.8) is 0 Å². The first kappa shape index (κ1) is 17.7. The molecule has 7 nitrogen and oxygen atoms in total. The number of Topliss-reactive ketones (excluding diaryl/α,β-unsaturated/α-hetero) is 1. The first-order chi connectivity index (χ1) is 14.1. The number of nitrogens with one attached hydrogen (secondary N) is 1. The van der Waals surface area contributed by atoms with Crippen LogP contribution in [0.25, 0.3) is 27.6 Å². The van der Waals surface area contributed by atoms with Crippen molar-refractivity contribution in [2.24, 2.45) is 7.05 Å². The largest absolute Gasteiger partial charge is 0.358 e. The molecule has 0 spiro atoms. The van der Waals surface area contributed by atoms with Crippen LogP contribution >= 0.6 is 11.8 Å². The van der Waals surface area contributed by atoms with Crippen LogP contribution < -0.4 is 5.56 Å². The molecule has 0 aliphatic carbocycles. The van der Waals surface area contributed by atoms with E-state index in [-0.39, 0.29) is 17.1 Å². The molecule has 3 aromatic heterocycles. The van der Waals surface area contributed by atoms with E-state index < -0.39 is 0 Å². The zero-order valence-electron chi connectivity index (χ0n) is 15.8. The highest BCUT2D eigenvalue weighted by Crippen LogP contribution is 2.26. The number of ketones is 1. The van der Waals surface area contributed by atoms with Gasteiger partial charge >= 0.3 is 0 Å². The molecule has 0 radical (unpaired) electrons. The number of rotatable bonds is 4. The Bertz CT molecular complexity index is 1480. The molecule has 0 amide bonds. The average molecular weight is 403 g/mol. The van der Waals surface area contributed by atoms with Gasteiger partial charge in [0.15, 0.2) is 10.9 Å². The van der Waals surface area contributed by atoms with E-state index in [1.54, 1.807) is 13.1 Å². The van der Waals surface area contributed by atoms with Gasteiger partial charge in [0.25, 0.3) is 5.56 Å². The first-order valence-corrected chi connectivity index (χ1v) is 10.1. The Kier molecular flexibility index (Phi) is 4.02. The van der Waals surface area contributed by atoms with Gasteiger partial charge in [-0.25, -0.2) is 0 Å². The number of H-pyrrole nitrogens is 1. The molecule has 29 heavy (non-hydrogen) atoms. The van der Waals surface area contributed by atoms with E-state index in [4.69, 9.17) is 0 Å². The summed E-state index contributed by atoms with van der Waals surface area (Å²) in [5, 5.41) is 10.5. The van der Waals surface area contributed by atoms with Crippen LogP contribution in [0.5, 0.6) is 0 Å². The van der Waals surface area contributed by atoms with Gasteiger partial charge in [0.2, 0.25) is 5.78 Å². The van der Waals surface area contributed by atoms with Gasteiger partial charge in [0.05, 0.1) is 16.7 Å². The van der Waals surface area contributed by atoms with Crippen LogP contribution in [-0.2, 0) is 7.05 Å². The second-order valence-electron chi connectivity index (χ2n) is 6.88. The highest BCUT2D eigenvalue weighted by Gasteiger charge is 2.19. The molecule has 0 aliphatic heterocycles. The summed E-state index contributed by atoms with van der Waals surface area (Å²) in [7, 11) is 1.67. The Morgan fingerprint density at radius 3 is 2.62 bits per heavy atom. The minimum absolute atomic E-state index is 0.0239. The van der Waals surface area contributed by atoms with Crippen LogP contribution in [-0.4, -0.2) is 35.7 Å². The summed E-state index contributed by atoms with van der Waals surface area (Å²) in [5.74, 6) is 0.698. The van der Waals surface area contributed by atoms with E-state index in [0.29, 0.717) is 21.9 Å². The summed E-state index contributed by atoms with van der Waals surface area (Å²) >= 11 is 1.32. The Hall–Kier alpha value is -3.39. The Morgan fingerprint density at radius 2 is 1.79 bits per heavy atom. The summed E-state index contributed by atoms with van der Waals surface area (Å²) in [4.78, 5) is 28.8. The number of hydrogen-bond acceptors (Lipinski definition) is 5. The number of nitrogens with zero attached hydrogens (tertiary/aromatic N) is 4. The number of aromatic amines is 1. The molecule has 2 aromatic carbocycles. The van der Waals surface area contributed by atoms with E-state index in [9.17, 15) is 9.59 Å². The van der Waals surface area contributed by atoms with Crippen LogP contribution in [0.4, 0.5) is 0 Å². The summed E-state index contributed by atoms with van der Waals surface area (Å²) in [6.45, 7) is 1.91. The molecule has 5 aromatic rings. The van der Waals surface area contributed by atoms with Crippen molar-refractivity contribution >= 4 is 45.1 Å². The fourth-order valence-corrected chi connectivity index (χ4v) is 4.56. The maximum Gasteiger partial charge on any atom is 0.262 e. The van der Waals surface area contributed by atoms with E-state index in [0.717, 1.165) is 22.1 Å². The van der Waals surface area contributed by atoms with Gasteiger partial charge in [-0.05, 0) is 25.1 Å². The highest BCUT2D eigenvalue weighted by atomic mass is 32.2. The van der Waals surface area contributed by atoms with Crippen LogP contribution in [0.3, 0.4) is 0 Å². The fourth-order valence-electron chi connectivity index (χ4n) is 3.74. The number of para-hydroxylation sites is 2.